The number of pyridine rings is 1. The molecule has 0 amide bonds. The zero-order chi connectivity index (χ0) is 12.0. The van der Waals surface area contributed by atoms with Gasteiger partial charge in [0.15, 0.2) is 5.54 Å². The molecule has 0 spiro atoms. The lowest BCUT2D eigenvalue weighted by Gasteiger charge is -2.25. The van der Waals surface area contributed by atoms with Gasteiger partial charge in [0.25, 0.3) is 0 Å². The number of nitrogens with zero attached hydrogens (tertiary/aromatic N) is 1. The summed E-state index contributed by atoms with van der Waals surface area (Å²) >= 11 is 0. The van der Waals surface area contributed by atoms with Gasteiger partial charge in [-0.2, -0.15) is 0 Å². The summed E-state index contributed by atoms with van der Waals surface area (Å²) in [7, 11) is 0. The monoisotopic (exact) mass is 224 g/mol. The molecule has 1 heterocycles. The molecule has 1 unspecified atom stereocenters. The van der Waals surface area contributed by atoms with Gasteiger partial charge in [-0.25, -0.2) is 4.79 Å². The number of carboxylic acid groups (broad SMARTS) is 1. The molecule has 0 radical (unpaired) electrons. The summed E-state index contributed by atoms with van der Waals surface area (Å²) in [5.74, 6) is -0.982. The fourth-order valence-electron chi connectivity index (χ4n) is 1.35. The maximum atomic E-state index is 11.3. The van der Waals surface area contributed by atoms with Gasteiger partial charge in [0.2, 0.25) is 0 Å². The average Bonchev–Trinajstić information content (AvgIpc) is 2.30. The van der Waals surface area contributed by atoms with Crippen LogP contribution >= 0.6 is 0 Å². The largest absolute Gasteiger partial charge is 0.480 e. The van der Waals surface area contributed by atoms with Gasteiger partial charge in [-0.3, -0.25) is 10.3 Å². The number of nitrogens with one attached hydrogen (secondary N) is 1. The Bertz CT molecular complexity index is 342. The zero-order valence-electron chi connectivity index (χ0n) is 9.18. The normalized spacial score (nSPS) is 14.4. The summed E-state index contributed by atoms with van der Waals surface area (Å²) in [5.41, 5.74) is -0.753. The summed E-state index contributed by atoms with van der Waals surface area (Å²) in [6, 6.07) is 5.15. The van der Waals surface area contributed by atoms with Gasteiger partial charge in [-0.1, -0.05) is 6.07 Å². The maximum Gasteiger partial charge on any atom is 0.329 e. The van der Waals surface area contributed by atoms with Crippen molar-refractivity contribution in [2.45, 2.75) is 18.9 Å². The molecule has 88 valence electrons. The van der Waals surface area contributed by atoms with Crippen molar-refractivity contribution in [1.29, 1.82) is 0 Å². The molecule has 1 aromatic heterocycles. The maximum absolute atomic E-state index is 11.3. The van der Waals surface area contributed by atoms with Crippen molar-refractivity contribution in [3.8, 4) is 0 Å². The highest BCUT2D eigenvalue weighted by Gasteiger charge is 2.35. The first-order valence-corrected chi connectivity index (χ1v) is 5.12. The molecule has 0 saturated heterocycles. The van der Waals surface area contributed by atoms with Crippen LogP contribution in [0.4, 0.5) is 0 Å². The highest BCUT2D eigenvalue weighted by atomic mass is 16.4. The van der Waals surface area contributed by atoms with Crippen molar-refractivity contribution in [3.05, 3.63) is 30.1 Å². The number of aliphatic carboxylic acids is 1. The van der Waals surface area contributed by atoms with Crippen molar-refractivity contribution in [2.75, 3.05) is 13.2 Å². The SMILES string of the molecule is CC(NCCCO)(C(=O)O)c1ccccn1. The number of hydrogen-bond donors (Lipinski definition) is 3. The van der Waals surface area contributed by atoms with Crippen LogP contribution in [-0.4, -0.2) is 34.3 Å². The fraction of sp³-hybridized carbons (Fsp3) is 0.455. The van der Waals surface area contributed by atoms with E-state index in [9.17, 15) is 9.90 Å². The van der Waals surface area contributed by atoms with E-state index in [0.717, 1.165) is 0 Å². The van der Waals surface area contributed by atoms with E-state index in [1.807, 2.05) is 0 Å². The lowest BCUT2D eigenvalue weighted by atomic mass is 9.97. The Balaban J connectivity index is 2.85. The predicted octanol–water partition coefficient (Wildman–Crippen LogP) is 0.353. The first kappa shape index (κ1) is 12.6. The standard InChI is InChI=1S/C11H16N2O3/c1-11(10(15)16,13-7-4-8-14)9-5-2-3-6-12-9/h2-3,5-6,13-14H,4,7-8H2,1H3,(H,15,16). The van der Waals surface area contributed by atoms with E-state index in [1.165, 1.54) is 0 Å². The van der Waals surface area contributed by atoms with E-state index in [1.54, 1.807) is 31.3 Å². The summed E-state index contributed by atoms with van der Waals surface area (Å²) < 4.78 is 0. The van der Waals surface area contributed by atoms with Crippen LogP contribution in [-0.2, 0) is 10.3 Å². The second-order valence-electron chi connectivity index (χ2n) is 3.65. The minimum absolute atomic E-state index is 0.0327. The van der Waals surface area contributed by atoms with Crippen molar-refractivity contribution < 1.29 is 15.0 Å². The van der Waals surface area contributed by atoms with Crippen LogP contribution < -0.4 is 5.32 Å². The summed E-state index contributed by atoms with van der Waals surface area (Å²) in [6.07, 6.45) is 2.07. The van der Waals surface area contributed by atoms with E-state index >= 15 is 0 Å². The lowest BCUT2D eigenvalue weighted by Crippen LogP contribution is -2.47. The van der Waals surface area contributed by atoms with E-state index in [-0.39, 0.29) is 6.61 Å². The minimum atomic E-state index is -1.21. The third-order valence-electron chi connectivity index (χ3n) is 2.42. The summed E-state index contributed by atoms with van der Waals surface area (Å²) in [4.78, 5) is 15.3. The molecule has 5 heteroatoms. The molecule has 0 aliphatic carbocycles. The first-order chi connectivity index (χ1) is 7.61. The molecule has 0 aromatic carbocycles. The van der Waals surface area contributed by atoms with Gasteiger partial charge < -0.3 is 10.2 Å². The predicted molar refractivity (Wildman–Crippen MR) is 58.9 cm³/mol. The van der Waals surface area contributed by atoms with Gasteiger partial charge in [0, 0.05) is 12.8 Å². The van der Waals surface area contributed by atoms with Crippen LogP contribution in [0.2, 0.25) is 0 Å². The zero-order valence-corrected chi connectivity index (χ0v) is 9.18. The second kappa shape index (κ2) is 5.58. The van der Waals surface area contributed by atoms with E-state index in [2.05, 4.69) is 10.3 Å². The number of rotatable bonds is 6. The third-order valence-corrected chi connectivity index (χ3v) is 2.42. The Morgan fingerprint density at radius 3 is 2.81 bits per heavy atom. The highest BCUT2D eigenvalue weighted by Crippen LogP contribution is 2.18. The van der Waals surface area contributed by atoms with E-state index < -0.39 is 11.5 Å². The summed E-state index contributed by atoms with van der Waals surface area (Å²) in [5, 5.41) is 20.8. The van der Waals surface area contributed by atoms with Crippen LogP contribution in [0.1, 0.15) is 19.0 Å². The number of aliphatic hydroxyl groups excluding tert-OH is 1. The van der Waals surface area contributed by atoms with Gasteiger partial charge >= 0.3 is 5.97 Å². The Hall–Kier alpha value is -1.46. The molecular weight excluding hydrogens is 208 g/mol. The van der Waals surface area contributed by atoms with Crippen LogP contribution in [0.15, 0.2) is 24.4 Å². The second-order valence-corrected chi connectivity index (χ2v) is 3.65. The molecule has 0 bridgehead atoms. The minimum Gasteiger partial charge on any atom is -0.480 e. The Kier molecular flexibility index (Phi) is 4.39. The molecule has 3 N–H and O–H groups in total. The number of carboxylic acids is 1. The van der Waals surface area contributed by atoms with Crippen molar-refractivity contribution in [1.82, 2.24) is 10.3 Å². The van der Waals surface area contributed by atoms with Gasteiger partial charge in [0.05, 0.1) is 5.69 Å². The van der Waals surface area contributed by atoms with Crippen LogP contribution in [0.3, 0.4) is 0 Å². The molecule has 1 rings (SSSR count). The summed E-state index contributed by atoms with van der Waals surface area (Å²) in [6.45, 7) is 2.02. The van der Waals surface area contributed by atoms with Gasteiger partial charge in [-0.15, -0.1) is 0 Å². The average molecular weight is 224 g/mol. The van der Waals surface area contributed by atoms with Crippen molar-refractivity contribution in [2.24, 2.45) is 0 Å². The topological polar surface area (TPSA) is 82.5 Å². The third kappa shape index (κ3) is 2.77. The highest BCUT2D eigenvalue weighted by molar-refractivity contribution is 5.79. The van der Waals surface area contributed by atoms with Gasteiger partial charge in [0.1, 0.15) is 0 Å². The fourth-order valence-corrected chi connectivity index (χ4v) is 1.35. The lowest BCUT2D eigenvalue weighted by molar-refractivity contribution is -0.144. The molecule has 0 aliphatic rings. The van der Waals surface area contributed by atoms with Crippen molar-refractivity contribution in [3.63, 3.8) is 0 Å². The Labute approximate surface area is 94.1 Å². The van der Waals surface area contributed by atoms with E-state index in [0.29, 0.717) is 18.7 Å². The molecular formula is C11H16N2O3. The van der Waals surface area contributed by atoms with Crippen LogP contribution in [0.5, 0.6) is 0 Å². The Morgan fingerprint density at radius 2 is 2.31 bits per heavy atom. The number of aliphatic hydroxyl groups is 1. The van der Waals surface area contributed by atoms with Crippen LogP contribution in [0.25, 0.3) is 0 Å². The number of hydrogen-bond acceptors (Lipinski definition) is 4. The number of carbonyl (C=O) groups is 1. The quantitative estimate of drug-likeness (QED) is 0.607. The smallest absolute Gasteiger partial charge is 0.329 e. The number of aromatic nitrogens is 1. The van der Waals surface area contributed by atoms with Gasteiger partial charge in [-0.05, 0) is 32.0 Å². The van der Waals surface area contributed by atoms with E-state index in [4.69, 9.17) is 5.11 Å². The molecule has 1 aromatic rings. The molecule has 0 aliphatic heterocycles. The van der Waals surface area contributed by atoms with Crippen LogP contribution in [0, 0.1) is 0 Å². The molecule has 16 heavy (non-hydrogen) atoms. The molecule has 1 atom stereocenters. The molecule has 0 saturated carbocycles. The Morgan fingerprint density at radius 1 is 1.56 bits per heavy atom. The molecule has 0 fully saturated rings. The first-order valence-electron chi connectivity index (χ1n) is 5.12. The molecule has 5 nitrogen and oxygen atoms in total. The van der Waals surface area contributed by atoms with Crippen molar-refractivity contribution >= 4 is 5.97 Å².